The van der Waals surface area contributed by atoms with Crippen molar-refractivity contribution in [1.82, 2.24) is 5.32 Å². The summed E-state index contributed by atoms with van der Waals surface area (Å²) in [4.78, 5) is 12.1. The average molecular weight is 412 g/mol. The lowest BCUT2D eigenvalue weighted by Crippen LogP contribution is -2.34. The van der Waals surface area contributed by atoms with Crippen molar-refractivity contribution in [3.63, 3.8) is 0 Å². The summed E-state index contributed by atoms with van der Waals surface area (Å²) in [5.41, 5.74) is 2.55. The van der Waals surface area contributed by atoms with Crippen LogP contribution in [0, 0.1) is 0 Å². The van der Waals surface area contributed by atoms with Crippen molar-refractivity contribution >= 4 is 56.5 Å². The Hall–Kier alpha value is -1.43. The number of hydrogen-bond acceptors (Lipinski definition) is 2. The fraction of sp³-hybridized carbons (Fsp3) is 0.176. The summed E-state index contributed by atoms with van der Waals surface area (Å²) in [5, 5.41) is 6.61. The first-order chi connectivity index (χ1) is 11.0. The van der Waals surface area contributed by atoms with Crippen LogP contribution in [-0.2, 0) is 6.42 Å². The Kier molecular flexibility index (Phi) is 6.57. The van der Waals surface area contributed by atoms with Gasteiger partial charge in [0.25, 0.3) is 5.91 Å². The van der Waals surface area contributed by atoms with Crippen molar-refractivity contribution in [3.05, 3.63) is 63.1 Å². The molecule has 0 atom stereocenters. The molecule has 6 heteroatoms. The van der Waals surface area contributed by atoms with Crippen molar-refractivity contribution in [3.8, 4) is 0 Å². The minimum atomic E-state index is -0.270. The Morgan fingerprint density at radius 3 is 2.57 bits per heavy atom. The third kappa shape index (κ3) is 5.30. The van der Waals surface area contributed by atoms with Gasteiger partial charge in [0.05, 0.1) is 0 Å². The Morgan fingerprint density at radius 1 is 1.22 bits per heavy atom. The molecule has 0 saturated carbocycles. The first-order valence-corrected chi connectivity index (χ1v) is 8.74. The average Bonchev–Trinajstić information content (AvgIpc) is 2.51. The fourth-order valence-electron chi connectivity index (χ4n) is 2.09. The molecule has 0 aliphatic rings. The number of rotatable bonds is 4. The molecular weight excluding hydrogens is 396 g/mol. The van der Waals surface area contributed by atoms with E-state index < -0.39 is 0 Å². The molecule has 0 bridgehead atoms. The van der Waals surface area contributed by atoms with E-state index in [2.05, 4.69) is 39.6 Å². The maximum absolute atomic E-state index is 12.1. The van der Waals surface area contributed by atoms with Crippen molar-refractivity contribution < 1.29 is 4.79 Å². The number of thiocarbonyl (C=S) groups is 1. The first-order valence-electron chi connectivity index (χ1n) is 7.16. The van der Waals surface area contributed by atoms with Crippen molar-refractivity contribution in [1.29, 1.82) is 0 Å². The lowest BCUT2D eigenvalue weighted by molar-refractivity contribution is 0.0978. The topological polar surface area (TPSA) is 41.1 Å². The van der Waals surface area contributed by atoms with E-state index >= 15 is 0 Å². The first kappa shape index (κ1) is 17.9. The second-order valence-corrected chi connectivity index (χ2v) is 6.73. The second-order valence-electron chi connectivity index (χ2n) is 4.97. The number of nitrogens with one attached hydrogen (secondary N) is 2. The molecule has 0 aromatic heterocycles. The van der Waals surface area contributed by atoms with Gasteiger partial charge in [-0.2, -0.15) is 0 Å². The Bertz CT molecular complexity index is 719. The largest absolute Gasteiger partial charge is 0.332 e. The zero-order valence-corrected chi connectivity index (χ0v) is 15.7. The highest BCUT2D eigenvalue weighted by molar-refractivity contribution is 9.10. The molecule has 1 amide bonds. The molecule has 2 aromatic rings. The van der Waals surface area contributed by atoms with E-state index in [0.29, 0.717) is 10.6 Å². The van der Waals surface area contributed by atoms with Gasteiger partial charge >= 0.3 is 0 Å². The summed E-state index contributed by atoms with van der Waals surface area (Å²) in [6.45, 7) is 2.12. The Morgan fingerprint density at radius 2 is 1.91 bits per heavy atom. The lowest BCUT2D eigenvalue weighted by atomic mass is 10.1. The van der Waals surface area contributed by atoms with E-state index in [1.54, 1.807) is 24.3 Å². The number of carbonyl (C=O) groups is 1. The second kappa shape index (κ2) is 8.43. The molecule has 0 radical (unpaired) electrons. The van der Waals surface area contributed by atoms with E-state index in [4.69, 9.17) is 23.8 Å². The third-order valence-corrected chi connectivity index (χ3v) is 4.12. The Labute approximate surface area is 154 Å². The molecule has 0 aliphatic carbocycles. The summed E-state index contributed by atoms with van der Waals surface area (Å²) in [7, 11) is 0. The number of aryl methyl sites for hydroxylation is 1. The maximum atomic E-state index is 12.1. The van der Waals surface area contributed by atoms with Crippen LogP contribution in [0.3, 0.4) is 0 Å². The highest BCUT2D eigenvalue weighted by atomic mass is 79.9. The molecule has 2 aromatic carbocycles. The van der Waals surface area contributed by atoms with Crippen LogP contribution < -0.4 is 10.6 Å². The van der Waals surface area contributed by atoms with E-state index in [-0.39, 0.29) is 11.0 Å². The molecule has 120 valence electrons. The van der Waals surface area contributed by atoms with Crippen LogP contribution in [0.2, 0.25) is 5.02 Å². The van der Waals surface area contributed by atoms with Gasteiger partial charge in [-0.15, -0.1) is 0 Å². The molecule has 0 spiro atoms. The molecule has 3 nitrogen and oxygen atoms in total. The van der Waals surface area contributed by atoms with E-state index in [9.17, 15) is 4.79 Å². The predicted octanol–water partition coefficient (Wildman–Crippen LogP) is 5.18. The number of amides is 1. The number of benzene rings is 2. The number of anilines is 1. The predicted molar refractivity (Wildman–Crippen MR) is 103 cm³/mol. The molecule has 0 unspecified atom stereocenters. The summed E-state index contributed by atoms with van der Waals surface area (Å²) in [5.74, 6) is -0.270. The van der Waals surface area contributed by atoms with Gasteiger partial charge in [0.15, 0.2) is 5.11 Å². The third-order valence-electron chi connectivity index (χ3n) is 3.17. The summed E-state index contributed by atoms with van der Waals surface area (Å²) in [6, 6.07) is 12.6. The standard InChI is InChI=1S/C17H16BrClN2OS/c1-2-3-12-10-13(18)6-9-15(12)20-17(23)21-16(22)11-4-7-14(19)8-5-11/h4-10H,2-3H2,1H3,(H2,20,21,22,23). The van der Waals surface area contributed by atoms with Crippen molar-refractivity contribution in [2.45, 2.75) is 19.8 Å². The number of hydrogen-bond donors (Lipinski definition) is 2. The molecule has 0 fully saturated rings. The van der Waals surface area contributed by atoms with E-state index in [0.717, 1.165) is 28.6 Å². The molecule has 2 N–H and O–H groups in total. The zero-order chi connectivity index (χ0) is 16.8. The smallest absolute Gasteiger partial charge is 0.257 e. The summed E-state index contributed by atoms with van der Waals surface area (Å²) in [6.07, 6.45) is 1.95. The maximum Gasteiger partial charge on any atom is 0.257 e. The molecular formula is C17H16BrClN2OS. The van der Waals surface area contributed by atoms with Crippen LogP contribution in [-0.4, -0.2) is 11.0 Å². The van der Waals surface area contributed by atoms with Gasteiger partial charge in [0.1, 0.15) is 0 Å². The van der Waals surface area contributed by atoms with Crippen LogP contribution in [0.4, 0.5) is 5.69 Å². The lowest BCUT2D eigenvalue weighted by Gasteiger charge is -2.13. The quantitative estimate of drug-likeness (QED) is 0.681. The van der Waals surface area contributed by atoms with E-state index in [1.165, 1.54) is 0 Å². The van der Waals surface area contributed by atoms with Gasteiger partial charge < -0.3 is 5.32 Å². The minimum Gasteiger partial charge on any atom is -0.332 e. The van der Waals surface area contributed by atoms with Crippen LogP contribution in [0.25, 0.3) is 0 Å². The van der Waals surface area contributed by atoms with Gasteiger partial charge in [-0.1, -0.05) is 40.9 Å². The van der Waals surface area contributed by atoms with Gasteiger partial charge in [0.2, 0.25) is 0 Å². The van der Waals surface area contributed by atoms with Crippen LogP contribution in [0.5, 0.6) is 0 Å². The van der Waals surface area contributed by atoms with Gasteiger partial charge in [-0.3, -0.25) is 10.1 Å². The fourth-order valence-corrected chi connectivity index (χ4v) is 2.83. The van der Waals surface area contributed by atoms with E-state index in [1.807, 2.05) is 12.1 Å². The molecule has 0 saturated heterocycles. The number of carbonyl (C=O) groups excluding carboxylic acids is 1. The normalized spacial score (nSPS) is 10.2. The van der Waals surface area contributed by atoms with Gasteiger partial charge in [0, 0.05) is 20.7 Å². The highest BCUT2D eigenvalue weighted by Gasteiger charge is 2.09. The molecule has 0 heterocycles. The monoisotopic (exact) mass is 410 g/mol. The SMILES string of the molecule is CCCc1cc(Br)ccc1NC(=S)NC(=O)c1ccc(Cl)cc1. The van der Waals surface area contributed by atoms with Crippen molar-refractivity contribution in [2.24, 2.45) is 0 Å². The van der Waals surface area contributed by atoms with Crippen LogP contribution in [0.15, 0.2) is 46.9 Å². The van der Waals surface area contributed by atoms with Crippen LogP contribution in [0.1, 0.15) is 29.3 Å². The molecule has 23 heavy (non-hydrogen) atoms. The van der Waals surface area contributed by atoms with Gasteiger partial charge in [-0.05, 0) is 66.7 Å². The summed E-state index contributed by atoms with van der Waals surface area (Å²) < 4.78 is 1.02. The zero-order valence-electron chi connectivity index (χ0n) is 12.5. The molecule has 0 aliphatic heterocycles. The molecule has 2 rings (SSSR count). The van der Waals surface area contributed by atoms with Crippen LogP contribution >= 0.6 is 39.7 Å². The number of halogens is 2. The summed E-state index contributed by atoms with van der Waals surface area (Å²) >= 11 is 14.5. The Balaban J connectivity index is 2.04. The van der Waals surface area contributed by atoms with Crippen molar-refractivity contribution in [2.75, 3.05) is 5.32 Å². The van der Waals surface area contributed by atoms with Gasteiger partial charge in [-0.25, -0.2) is 0 Å². The minimum absolute atomic E-state index is 0.268. The highest BCUT2D eigenvalue weighted by Crippen LogP contribution is 2.22.